The maximum Gasteiger partial charge on any atom is 0.344 e. The van der Waals surface area contributed by atoms with E-state index in [0.717, 1.165) is 5.56 Å². The first-order chi connectivity index (χ1) is 11.9. The van der Waals surface area contributed by atoms with Crippen LogP contribution in [0, 0.1) is 5.82 Å². The van der Waals surface area contributed by atoms with Crippen LogP contribution < -0.4 is 10.1 Å². The van der Waals surface area contributed by atoms with Gasteiger partial charge in [0.1, 0.15) is 11.6 Å². The number of hydrogen-bond donors (Lipinski definition) is 1. The molecule has 0 saturated carbocycles. The van der Waals surface area contributed by atoms with Gasteiger partial charge in [0.05, 0.1) is 0 Å². The van der Waals surface area contributed by atoms with E-state index in [1.54, 1.807) is 36.4 Å². The molecule has 5 nitrogen and oxygen atoms in total. The third-order valence-corrected chi connectivity index (χ3v) is 3.45. The Morgan fingerprint density at radius 2 is 1.92 bits per heavy atom. The molecule has 2 rings (SSSR count). The highest BCUT2D eigenvalue weighted by atomic mass is 35.5. The van der Waals surface area contributed by atoms with E-state index in [4.69, 9.17) is 21.1 Å². The number of carbonyl (C=O) groups excluding carboxylic acids is 2. The molecule has 0 spiro atoms. The molecule has 0 heterocycles. The molecule has 0 saturated heterocycles. The minimum atomic E-state index is -0.976. The van der Waals surface area contributed by atoms with Gasteiger partial charge in [-0.15, -0.1) is 0 Å². The van der Waals surface area contributed by atoms with Gasteiger partial charge in [0.15, 0.2) is 12.7 Å². The summed E-state index contributed by atoms with van der Waals surface area (Å²) < 4.78 is 23.1. The van der Waals surface area contributed by atoms with Crippen LogP contribution in [0.4, 0.5) is 4.39 Å². The Balaban J connectivity index is 1.74. The fourth-order valence-electron chi connectivity index (χ4n) is 1.92. The van der Waals surface area contributed by atoms with Crippen LogP contribution in [-0.4, -0.2) is 24.6 Å². The van der Waals surface area contributed by atoms with Crippen molar-refractivity contribution in [3.05, 3.63) is 64.9 Å². The number of rotatable bonds is 7. The Hall–Kier alpha value is -2.60. The third kappa shape index (κ3) is 6.43. The monoisotopic (exact) mass is 365 g/mol. The van der Waals surface area contributed by atoms with Crippen LogP contribution in [0.1, 0.15) is 12.5 Å². The minimum Gasteiger partial charge on any atom is -0.482 e. The average molecular weight is 366 g/mol. The number of esters is 1. The molecular weight excluding hydrogens is 349 g/mol. The van der Waals surface area contributed by atoms with E-state index in [1.807, 2.05) is 0 Å². The van der Waals surface area contributed by atoms with E-state index in [2.05, 4.69) is 5.32 Å². The summed E-state index contributed by atoms with van der Waals surface area (Å²) in [5.74, 6) is -1.06. The zero-order valence-corrected chi connectivity index (χ0v) is 14.3. The molecule has 1 N–H and O–H groups in total. The molecule has 0 fully saturated rings. The van der Waals surface area contributed by atoms with E-state index >= 15 is 0 Å². The SMILES string of the molecule is C[C@H](OC(=O)COc1cccc(Cl)c1)C(=O)NCc1ccc(F)cc1. The molecule has 0 aliphatic carbocycles. The van der Waals surface area contributed by atoms with Gasteiger partial charge >= 0.3 is 5.97 Å². The molecule has 0 unspecified atom stereocenters. The van der Waals surface area contributed by atoms with E-state index in [9.17, 15) is 14.0 Å². The molecule has 0 aromatic heterocycles. The predicted octanol–water partition coefficient (Wildman–Crippen LogP) is 3.11. The summed E-state index contributed by atoms with van der Waals surface area (Å²) in [7, 11) is 0. The maximum absolute atomic E-state index is 12.8. The van der Waals surface area contributed by atoms with E-state index < -0.39 is 18.0 Å². The largest absolute Gasteiger partial charge is 0.482 e. The zero-order valence-electron chi connectivity index (χ0n) is 13.5. The Labute approximate surface area is 149 Å². The molecule has 0 bridgehead atoms. The lowest BCUT2D eigenvalue weighted by atomic mass is 10.2. The fraction of sp³-hybridized carbons (Fsp3) is 0.222. The van der Waals surface area contributed by atoms with Crippen molar-refractivity contribution in [3.8, 4) is 5.75 Å². The Bertz CT molecular complexity index is 736. The van der Waals surface area contributed by atoms with Crippen molar-refractivity contribution in [2.24, 2.45) is 0 Å². The summed E-state index contributed by atoms with van der Waals surface area (Å²) >= 11 is 5.81. The normalized spacial score (nSPS) is 11.5. The van der Waals surface area contributed by atoms with Gasteiger partial charge in [-0.1, -0.05) is 29.8 Å². The standard InChI is InChI=1S/C18H17ClFNO4/c1-12(18(23)21-10-13-5-7-15(20)8-6-13)25-17(22)11-24-16-4-2-3-14(19)9-16/h2-9,12H,10-11H2,1H3,(H,21,23)/t12-/m0/s1. The highest BCUT2D eigenvalue weighted by Crippen LogP contribution is 2.17. The third-order valence-electron chi connectivity index (χ3n) is 3.21. The molecule has 7 heteroatoms. The lowest BCUT2D eigenvalue weighted by Gasteiger charge is -2.14. The van der Waals surface area contributed by atoms with Crippen LogP contribution in [0.25, 0.3) is 0 Å². The topological polar surface area (TPSA) is 64.6 Å². The number of halogens is 2. The molecule has 0 radical (unpaired) electrons. The number of amides is 1. The molecule has 1 amide bonds. The summed E-state index contributed by atoms with van der Waals surface area (Å²) in [5.41, 5.74) is 0.734. The summed E-state index contributed by atoms with van der Waals surface area (Å²) in [6, 6.07) is 12.3. The predicted molar refractivity (Wildman–Crippen MR) is 90.7 cm³/mol. The van der Waals surface area contributed by atoms with Crippen molar-refractivity contribution >= 4 is 23.5 Å². The molecule has 132 valence electrons. The second-order valence-corrected chi connectivity index (χ2v) is 5.66. The first kappa shape index (κ1) is 18.7. The first-order valence-corrected chi connectivity index (χ1v) is 7.92. The molecular formula is C18H17ClFNO4. The Morgan fingerprint density at radius 3 is 2.60 bits per heavy atom. The second kappa shape index (κ2) is 9.03. The summed E-state index contributed by atoms with van der Waals surface area (Å²) in [6.07, 6.45) is -0.976. The van der Waals surface area contributed by atoms with Crippen LogP contribution >= 0.6 is 11.6 Å². The molecule has 2 aromatic rings. The quantitative estimate of drug-likeness (QED) is 0.766. The van der Waals surface area contributed by atoms with E-state index in [-0.39, 0.29) is 19.0 Å². The van der Waals surface area contributed by atoms with Crippen LogP contribution in [0.3, 0.4) is 0 Å². The number of carbonyl (C=O) groups is 2. The van der Waals surface area contributed by atoms with E-state index in [1.165, 1.54) is 19.1 Å². The van der Waals surface area contributed by atoms with Crippen molar-refractivity contribution < 1.29 is 23.5 Å². The van der Waals surface area contributed by atoms with Gasteiger partial charge in [0.25, 0.3) is 5.91 Å². The minimum absolute atomic E-state index is 0.208. The van der Waals surface area contributed by atoms with Gasteiger partial charge in [-0.05, 0) is 42.8 Å². The van der Waals surface area contributed by atoms with Crippen molar-refractivity contribution in [1.82, 2.24) is 5.32 Å². The fourth-order valence-corrected chi connectivity index (χ4v) is 2.10. The summed E-state index contributed by atoms with van der Waals surface area (Å²) in [5, 5.41) is 3.09. The van der Waals surface area contributed by atoms with Crippen molar-refractivity contribution in [3.63, 3.8) is 0 Å². The Morgan fingerprint density at radius 1 is 1.20 bits per heavy atom. The summed E-state index contributed by atoms with van der Waals surface area (Å²) in [6.45, 7) is 1.33. The van der Waals surface area contributed by atoms with Gasteiger partial charge in [-0.25, -0.2) is 9.18 Å². The second-order valence-electron chi connectivity index (χ2n) is 5.22. The van der Waals surface area contributed by atoms with Gasteiger partial charge in [-0.2, -0.15) is 0 Å². The number of ether oxygens (including phenoxy) is 2. The van der Waals surface area contributed by atoms with Crippen molar-refractivity contribution in [2.75, 3.05) is 6.61 Å². The molecule has 1 atom stereocenters. The van der Waals surface area contributed by atoms with Gasteiger partial charge in [0, 0.05) is 11.6 Å². The highest BCUT2D eigenvalue weighted by Gasteiger charge is 2.17. The van der Waals surface area contributed by atoms with Gasteiger partial charge in [-0.3, -0.25) is 4.79 Å². The van der Waals surface area contributed by atoms with Gasteiger partial charge in [0.2, 0.25) is 0 Å². The van der Waals surface area contributed by atoms with Crippen molar-refractivity contribution in [2.45, 2.75) is 19.6 Å². The first-order valence-electron chi connectivity index (χ1n) is 7.54. The number of nitrogens with one attached hydrogen (secondary N) is 1. The van der Waals surface area contributed by atoms with Crippen molar-refractivity contribution in [1.29, 1.82) is 0 Å². The van der Waals surface area contributed by atoms with Crippen LogP contribution in [0.15, 0.2) is 48.5 Å². The van der Waals surface area contributed by atoms with Gasteiger partial charge < -0.3 is 14.8 Å². The molecule has 2 aromatic carbocycles. The smallest absolute Gasteiger partial charge is 0.344 e. The van der Waals surface area contributed by atoms with Crippen LogP contribution in [0.2, 0.25) is 5.02 Å². The zero-order chi connectivity index (χ0) is 18.2. The molecule has 25 heavy (non-hydrogen) atoms. The molecule has 0 aliphatic rings. The average Bonchev–Trinajstić information content (AvgIpc) is 2.59. The lowest BCUT2D eigenvalue weighted by molar-refractivity contribution is -0.156. The maximum atomic E-state index is 12.8. The highest BCUT2D eigenvalue weighted by molar-refractivity contribution is 6.30. The van der Waals surface area contributed by atoms with E-state index in [0.29, 0.717) is 10.8 Å². The Kier molecular flexibility index (Phi) is 6.77. The summed E-state index contributed by atoms with van der Waals surface area (Å²) in [4.78, 5) is 23.6. The van der Waals surface area contributed by atoms with Crippen LogP contribution in [0.5, 0.6) is 5.75 Å². The van der Waals surface area contributed by atoms with Crippen LogP contribution in [-0.2, 0) is 20.9 Å². The molecule has 0 aliphatic heterocycles. The number of hydrogen-bond acceptors (Lipinski definition) is 4. The number of benzene rings is 2. The lowest BCUT2D eigenvalue weighted by Crippen LogP contribution is -2.36.